The Morgan fingerprint density at radius 1 is 0.842 bits per heavy atom. The first kappa shape index (κ1) is 13.5. The van der Waals surface area contributed by atoms with Crippen LogP contribution in [0.4, 0.5) is 0 Å². The summed E-state index contributed by atoms with van der Waals surface area (Å²) in [6.45, 7) is 0. The Labute approximate surface area is 129 Å². The van der Waals surface area contributed by atoms with E-state index in [1.54, 1.807) is 24.3 Å². The molecule has 2 aromatic rings. The lowest BCUT2D eigenvalue weighted by atomic mass is 10.3. The molecule has 0 fully saturated rings. The molecule has 0 aliphatic carbocycles. The number of hydrogen-bond acceptors (Lipinski definition) is 3. The van der Waals surface area contributed by atoms with Gasteiger partial charge in [0.05, 0.1) is 30.4 Å². The molecule has 0 N–H and O–H groups in total. The van der Waals surface area contributed by atoms with Crippen molar-refractivity contribution < 1.29 is 12.6 Å². The van der Waals surface area contributed by atoms with Crippen LogP contribution >= 0.6 is 31.9 Å². The van der Waals surface area contributed by atoms with Crippen molar-refractivity contribution in [2.75, 3.05) is 0 Å². The summed E-state index contributed by atoms with van der Waals surface area (Å²) in [5, 5.41) is 0. The molecule has 1 unspecified atom stereocenters. The molecule has 98 valence electrons. The summed E-state index contributed by atoms with van der Waals surface area (Å²) < 4.78 is 38.9. The fraction of sp³-hybridized carbons (Fsp3) is 0. The van der Waals surface area contributed by atoms with E-state index >= 15 is 0 Å². The van der Waals surface area contributed by atoms with Crippen LogP contribution in [0, 0.1) is 0 Å². The lowest BCUT2D eigenvalue weighted by molar-refractivity contribution is 0.588. The predicted molar refractivity (Wildman–Crippen MR) is 78.4 cm³/mol. The van der Waals surface area contributed by atoms with Crippen LogP contribution in [-0.2, 0) is 20.6 Å². The van der Waals surface area contributed by atoms with Gasteiger partial charge in [-0.2, -0.15) is 0 Å². The smallest absolute Gasteiger partial charge is 0.209 e. The summed E-state index contributed by atoms with van der Waals surface area (Å²) in [4.78, 5) is 0.868. The number of fused-ring (bicyclic) bond motifs is 2. The van der Waals surface area contributed by atoms with Crippen LogP contribution in [0.15, 0.2) is 64.9 Å². The third-order valence-corrected chi connectivity index (χ3v) is 7.38. The van der Waals surface area contributed by atoms with Crippen molar-refractivity contribution in [3.63, 3.8) is 0 Å². The quantitative estimate of drug-likeness (QED) is 0.557. The molecule has 0 radical (unpaired) electrons. The van der Waals surface area contributed by atoms with E-state index in [0.717, 1.165) is 0 Å². The number of halogens is 2. The normalized spacial score (nSPS) is 19.6. The van der Waals surface area contributed by atoms with E-state index in [0.29, 0.717) is 18.7 Å². The molecule has 1 aliphatic heterocycles. The van der Waals surface area contributed by atoms with Gasteiger partial charge in [-0.15, -0.1) is 0 Å². The van der Waals surface area contributed by atoms with Crippen LogP contribution in [0.2, 0.25) is 0 Å². The third-order valence-electron chi connectivity index (χ3n) is 2.79. The van der Waals surface area contributed by atoms with Gasteiger partial charge in [-0.3, -0.25) is 0 Å². The van der Waals surface area contributed by atoms with Crippen molar-refractivity contribution in [3.8, 4) is 0 Å². The Bertz CT molecular complexity index is 829. The topological polar surface area (TPSA) is 51.2 Å². The summed E-state index contributed by atoms with van der Waals surface area (Å²) in [5.74, 6) is 0. The van der Waals surface area contributed by atoms with E-state index in [9.17, 15) is 12.6 Å². The van der Waals surface area contributed by atoms with Crippen LogP contribution in [0.1, 0.15) is 0 Å². The molecule has 0 amide bonds. The minimum Gasteiger partial charge on any atom is -0.249 e. The van der Waals surface area contributed by atoms with Crippen molar-refractivity contribution in [3.05, 3.63) is 45.3 Å². The summed E-state index contributed by atoms with van der Waals surface area (Å²) in [6.07, 6.45) is 0. The minimum absolute atomic E-state index is 0.107. The lowest BCUT2D eigenvalue weighted by Gasteiger charge is -2.19. The molecule has 0 aromatic heterocycles. The molecule has 1 heterocycles. The SMILES string of the molecule is O=S1c2cc(Br)ccc2S(=O)(=O)c2cc(Br)ccc21. The lowest BCUT2D eigenvalue weighted by Crippen LogP contribution is -2.15. The van der Waals surface area contributed by atoms with Gasteiger partial charge in [0.1, 0.15) is 0 Å². The van der Waals surface area contributed by atoms with E-state index in [-0.39, 0.29) is 9.79 Å². The molecule has 2 aromatic carbocycles. The monoisotopic (exact) mass is 420 g/mol. The van der Waals surface area contributed by atoms with E-state index in [1.807, 2.05) is 0 Å². The molecule has 3 rings (SSSR count). The first-order valence-electron chi connectivity index (χ1n) is 5.17. The molecule has 0 saturated heterocycles. The molecular weight excluding hydrogens is 416 g/mol. The summed E-state index contributed by atoms with van der Waals surface area (Å²) in [5.41, 5.74) is 0. The summed E-state index contributed by atoms with van der Waals surface area (Å²) >= 11 is 6.51. The Kier molecular flexibility index (Phi) is 3.20. The van der Waals surface area contributed by atoms with Crippen molar-refractivity contribution in [1.82, 2.24) is 0 Å². The van der Waals surface area contributed by atoms with E-state index in [1.165, 1.54) is 12.1 Å². The fourth-order valence-corrected chi connectivity index (χ4v) is 6.65. The highest BCUT2D eigenvalue weighted by molar-refractivity contribution is 9.10. The molecular formula is C12H6Br2O3S2. The van der Waals surface area contributed by atoms with Gasteiger partial charge in [-0.1, -0.05) is 31.9 Å². The highest BCUT2D eigenvalue weighted by Crippen LogP contribution is 2.39. The summed E-state index contributed by atoms with van der Waals surface area (Å²) in [7, 11) is -5.10. The molecule has 1 atom stereocenters. The van der Waals surface area contributed by atoms with E-state index in [4.69, 9.17) is 0 Å². The molecule has 3 nitrogen and oxygen atoms in total. The predicted octanol–water partition coefficient (Wildman–Crippen LogP) is 3.52. The highest BCUT2D eigenvalue weighted by Gasteiger charge is 2.34. The molecule has 7 heteroatoms. The molecule has 0 spiro atoms. The fourth-order valence-electron chi connectivity index (χ4n) is 1.93. The van der Waals surface area contributed by atoms with Crippen molar-refractivity contribution in [2.45, 2.75) is 19.6 Å². The van der Waals surface area contributed by atoms with Gasteiger partial charge in [-0.25, -0.2) is 12.6 Å². The van der Waals surface area contributed by atoms with Crippen LogP contribution in [0.5, 0.6) is 0 Å². The number of rotatable bonds is 0. The maximum absolute atomic E-state index is 12.5. The highest BCUT2D eigenvalue weighted by atomic mass is 79.9. The molecule has 0 saturated carbocycles. The Morgan fingerprint density at radius 3 is 2.21 bits per heavy atom. The average molecular weight is 422 g/mol. The molecule has 0 bridgehead atoms. The maximum Gasteiger partial charge on any atom is 0.209 e. The Morgan fingerprint density at radius 2 is 1.47 bits per heavy atom. The van der Waals surface area contributed by atoms with Crippen LogP contribution in [0.3, 0.4) is 0 Å². The minimum atomic E-state index is -3.62. The molecule has 19 heavy (non-hydrogen) atoms. The number of benzene rings is 2. The zero-order valence-corrected chi connectivity index (χ0v) is 14.1. The van der Waals surface area contributed by atoms with Crippen molar-refractivity contribution >= 4 is 52.5 Å². The van der Waals surface area contributed by atoms with Gasteiger partial charge in [0.2, 0.25) is 9.84 Å². The second-order valence-electron chi connectivity index (χ2n) is 3.95. The second kappa shape index (κ2) is 4.51. The van der Waals surface area contributed by atoms with Gasteiger partial charge in [-0.05, 0) is 36.4 Å². The van der Waals surface area contributed by atoms with Crippen molar-refractivity contribution in [1.29, 1.82) is 0 Å². The second-order valence-corrected chi connectivity index (χ2v) is 9.09. The number of sulfone groups is 1. The van der Waals surface area contributed by atoms with E-state index in [2.05, 4.69) is 31.9 Å². The van der Waals surface area contributed by atoms with Gasteiger partial charge < -0.3 is 0 Å². The Balaban J connectivity index is 2.43. The van der Waals surface area contributed by atoms with Gasteiger partial charge in [0, 0.05) is 8.95 Å². The van der Waals surface area contributed by atoms with Crippen LogP contribution in [0.25, 0.3) is 0 Å². The van der Waals surface area contributed by atoms with Gasteiger partial charge in [0.15, 0.2) is 0 Å². The Hall–Kier alpha value is -0.500. The third kappa shape index (κ3) is 2.03. The average Bonchev–Trinajstić information content (AvgIpc) is 2.36. The number of hydrogen-bond donors (Lipinski definition) is 0. The summed E-state index contributed by atoms with van der Waals surface area (Å²) in [6, 6.07) is 9.47. The first-order chi connectivity index (χ1) is 8.91. The van der Waals surface area contributed by atoms with Gasteiger partial charge >= 0.3 is 0 Å². The van der Waals surface area contributed by atoms with Crippen LogP contribution < -0.4 is 0 Å². The maximum atomic E-state index is 12.5. The zero-order chi connectivity index (χ0) is 13.8. The van der Waals surface area contributed by atoms with E-state index < -0.39 is 20.6 Å². The largest absolute Gasteiger partial charge is 0.249 e. The first-order valence-corrected chi connectivity index (χ1v) is 9.39. The van der Waals surface area contributed by atoms with Crippen LogP contribution in [-0.4, -0.2) is 12.6 Å². The van der Waals surface area contributed by atoms with Crippen molar-refractivity contribution in [2.24, 2.45) is 0 Å². The van der Waals surface area contributed by atoms with Gasteiger partial charge in [0.25, 0.3) is 0 Å². The standard InChI is InChI=1S/C12H6Br2O3S2/c13-7-2-4-11-10(5-7)18(15)9-3-1-8(14)6-12(9)19(11,16)17/h1-6H. The zero-order valence-electron chi connectivity index (χ0n) is 9.26. The molecule has 1 aliphatic rings.